The van der Waals surface area contributed by atoms with Crippen molar-refractivity contribution in [2.75, 3.05) is 0 Å². The van der Waals surface area contributed by atoms with Gasteiger partial charge in [0.1, 0.15) is 0 Å². The molecule has 0 N–H and O–H groups in total. The van der Waals surface area contributed by atoms with Gasteiger partial charge >= 0.3 is 0 Å². The van der Waals surface area contributed by atoms with Crippen LogP contribution in [0.2, 0.25) is 5.02 Å². The number of sulfone groups is 1. The van der Waals surface area contributed by atoms with E-state index in [1.54, 1.807) is 18.2 Å². The molecule has 0 aromatic heterocycles. The predicted molar refractivity (Wildman–Crippen MR) is 74.6 cm³/mol. The highest BCUT2D eigenvalue weighted by atomic mass is 35.5. The van der Waals surface area contributed by atoms with Crippen LogP contribution in [-0.2, 0) is 9.84 Å². The van der Waals surface area contributed by atoms with Crippen LogP contribution in [0.25, 0.3) is 0 Å². The zero-order chi connectivity index (χ0) is 13.9. The molecule has 0 radical (unpaired) electrons. The first kappa shape index (κ1) is 14.4. The number of hydrogen-bond donors (Lipinski definition) is 0. The molecule has 2 unspecified atom stereocenters. The Balaban J connectivity index is 2.43. The van der Waals surface area contributed by atoms with Gasteiger partial charge in [0.15, 0.2) is 9.84 Å². The first-order valence-corrected chi connectivity index (χ1v) is 8.38. The summed E-state index contributed by atoms with van der Waals surface area (Å²) < 4.78 is 25.4. The summed E-state index contributed by atoms with van der Waals surface area (Å²) in [4.78, 5) is 0.156. The van der Waals surface area contributed by atoms with E-state index >= 15 is 0 Å². The molecule has 19 heavy (non-hydrogen) atoms. The van der Waals surface area contributed by atoms with Crippen molar-refractivity contribution in [1.82, 2.24) is 0 Å². The van der Waals surface area contributed by atoms with Crippen molar-refractivity contribution in [2.24, 2.45) is 5.92 Å². The van der Waals surface area contributed by atoms with Gasteiger partial charge in [0, 0.05) is 0 Å². The van der Waals surface area contributed by atoms with Crippen molar-refractivity contribution < 1.29 is 8.42 Å². The van der Waals surface area contributed by atoms with Crippen LogP contribution in [0.3, 0.4) is 0 Å². The maximum Gasteiger partial charge on any atom is 0.183 e. The van der Waals surface area contributed by atoms with E-state index in [-0.39, 0.29) is 9.92 Å². The Morgan fingerprint density at radius 1 is 1.16 bits per heavy atom. The number of rotatable bonds is 2. The van der Waals surface area contributed by atoms with Gasteiger partial charge in [-0.3, -0.25) is 0 Å². The number of halogens is 1. The molecular formula is C14H16ClNO2S. The van der Waals surface area contributed by atoms with Gasteiger partial charge < -0.3 is 0 Å². The van der Waals surface area contributed by atoms with Crippen LogP contribution in [0.15, 0.2) is 29.2 Å². The summed E-state index contributed by atoms with van der Waals surface area (Å²) in [6.45, 7) is 0. The lowest BCUT2D eigenvalue weighted by Crippen LogP contribution is -2.28. The Hall–Kier alpha value is -1.05. The SMILES string of the molecule is N#CC1CCCCCC1S(=O)(=O)c1ccccc1Cl. The second kappa shape index (κ2) is 5.94. The van der Waals surface area contributed by atoms with Crippen LogP contribution < -0.4 is 0 Å². The van der Waals surface area contributed by atoms with E-state index in [0.717, 1.165) is 19.3 Å². The number of benzene rings is 1. The Kier molecular flexibility index (Phi) is 4.49. The minimum Gasteiger partial charge on any atom is -0.223 e. The summed E-state index contributed by atoms with van der Waals surface area (Å²) in [5.74, 6) is -0.427. The van der Waals surface area contributed by atoms with Crippen molar-refractivity contribution in [1.29, 1.82) is 5.26 Å². The van der Waals surface area contributed by atoms with E-state index in [1.165, 1.54) is 6.07 Å². The van der Waals surface area contributed by atoms with Crippen LogP contribution >= 0.6 is 11.6 Å². The third-order valence-electron chi connectivity index (χ3n) is 3.66. The molecule has 102 valence electrons. The van der Waals surface area contributed by atoms with Crippen molar-refractivity contribution in [3.05, 3.63) is 29.3 Å². The molecule has 1 aliphatic carbocycles. The lowest BCUT2D eigenvalue weighted by Gasteiger charge is -2.20. The molecule has 3 nitrogen and oxygen atoms in total. The van der Waals surface area contributed by atoms with Gasteiger partial charge in [-0.2, -0.15) is 5.26 Å². The molecule has 0 spiro atoms. The third kappa shape index (κ3) is 2.93. The zero-order valence-electron chi connectivity index (χ0n) is 10.5. The molecule has 1 aliphatic rings. The highest BCUT2D eigenvalue weighted by Gasteiger charge is 2.36. The highest BCUT2D eigenvalue weighted by Crippen LogP contribution is 2.34. The van der Waals surface area contributed by atoms with Crippen molar-refractivity contribution >= 4 is 21.4 Å². The van der Waals surface area contributed by atoms with E-state index in [2.05, 4.69) is 6.07 Å². The maximum atomic E-state index is 12.7. The van der Waals surface area contributed by atoms with Crippen molar-refractivity contribution in [3.8, 4) is 6.07 Å². The van der Waals surface area contributed by atoms with Crippen LogP contribution in [0.4, 0.5) is 0 Å². The van der Waals surface area contributed by atoms with E-state index in [4.69, 9.17) is 11.6 Å². The molecule has 0 bridgehead atoms. The fourth-order valence-corrected chi connectivity index (χ4v) is 5.13. The molecule has 0 heterocycles. The van der Waals surface area contributed by atoms with Gasteiger partial charge in [-0.1, -0.05) is 43.0 Å². The van der Waals surface area contributed by atoms with Crippen molar-refractivity contribution in [2.45, 2.75) is 42.2 Å². The van der Waals surface area contributed by atoms with Gasteiger partial charge in [0.05, 0.1) is 27.2 Å². The maximum absolute atomic E-state index is 12.7. The normalized spacial score (nSPS) is 24.4. The fraction of sp³-hybridized carbons (Fsp3) is 0.500. The standard InChI is InChI=1S/C14H16ClNO2S/c15-12-7-4-5-9-14(12)19(17,18)13-8-3-1-2-6-11(13)10-16/h4-5,7,9,11,13H,1-3,6,8H2. The number of hydrogen-bond acceptors (Lipinski definition) is 3. The Labute approximate surface area is 119 Å². The molecule has 2 atom stereocenters. The first-order valence-electron chi connectivity index (χ1n) is 6.45. The topological polar surface area (TPSA) is 57.9 Å². The second-order valence-corrected chi connectivity index (χ2v) is 7.43. The van der Waals surface area contributed by atoms with Gasteiger partial charge in [0.2, 0.25) is 0 Å². The Bertz CT molecular complexity index is 592. The zero-order valence-corrected chi connectivity index (χ0v) is 12.1. The van der Waals surface area contributed by atoms with Gasteiger partial charge in [-0.15, -0.1) is 0 Å². The third-order valence-corrected chi connectivity index (χ3v) is 6.43. The lowest BCUT2D eigenvalue weighted by atomic mass is 10.0. The number of nitriles is 1. The molecule has 5 heteroatoms. The largest absolute Gasteiger partial charge is 0.223 e. The summed E-state index contributed by atoms with van der Waals surface area (Å²) in [5.41, 5.74) is 0. The average Bonchev–Trinajstić information content (AvgIpc) is 2.64. The minimum absolute atomic E-state index is 0.156. The summed E-state index contributed by atoms with van der Waals surface area (Å²) in [6.07, 6.45) is 3.97. The Morgan fingerprint density at radius 3 is 2.53 bits per heavy atom. The quantitative estimate of drug-likeness (QED) is 0.784. The van der Waals surface area contributed by atoms with Gasteiger partial charge in [-0.25, -0.2) is 8.42 Å². The summed E-state index contributed by atoms with van der Waals surface area (Å²) >= 11 is 6.00. The van der Waals surface area contributed by atoms with Crippen LogP contribution in [-0.4, -0.2) is 13.7 Å². The van der Waals surface area contributed by atoms with Crippen LogP contribution in [0.5, 0.6) is 0 Å². The van der Waals surface area contributed by atoms with E-state index < -0.39 is 21.0 Å². The molecule has 0 amide bonds. The minimum atomic E-state index is -3.53. The molecular weight excluding hydrogens is 282 g/mol. The molecule has 0 aliphatic heterocycles. The van der Waals surface area contributed by atoms with Crippen LogP contribution in [0, 0.1) is 17.2 Å². The average molecular weight is 298 g/mol. The summed E-state index contributed by atoms with van der Waals surface area (Å²) in [7, 11) is -3.53. The van der Waals surface area contributed by atoms with Gasteiger partial charge in [-0.05, 0) is 25.0 Å². The lowest BCUT2D eigenvalue weighted by molar-refractivity contribution is 0.523. The molecule has 2 rings (SSSR count). The van der Waals surface area contributed by atoms with E-state index in [9.17, 15) is 13.7 Å². The van der Waals surface area contributed by atoms with Gasteiger partial charge in [0.25, 0.3) is 0 Å². The number of nitrogens with zero attached hydrogens (tertiary/aromatic N) is 1. The Morgan fingerprint density at radius 2 is 1.84 bits per heavy atom. The monoisotopic (exact) mass is 297 g/mol. The second-order valence-electron chi connectivity index (χ2n) is 4.89. The predicted octanol–water partition coefficient (Wildman–Crippen LogP) is 3.59. The molecule has 1 fully saturated rings. The van der Waals surface area contributed by atoms with E-state index in [1.807, 2.05) is 0 Å². The highest BCUT2D eigenvalue weighted by molar-refractivity contribution is 7.92. The van der Waals surface area contributed by atoms with E-state index in [0.29, 0.717) is 12.8 Å². The smallest absolute Gasteiger partial charge is 0.183 e. The fourth-order valence-electron chi connectivity index (χ4n) is 2.63. The molecule has 1 aromatic rings. The van der Waals surface area contributed by atoms with Crippen LogP contribution in [0.1, 0.15) is 32.1 Å². The summed E-state index contributed by atoms with van der Waals surface area (Å²) in [6, 6.07) is 8.64. The first-order chi connectivity index (χ1) is 9.07. The molecule has 1 aromatic carbocycles. The summed E-state index contributed by atoms with van der Waals surface area (Å²) in [5, 5.41) is 8.83. The van der Waals surface area contributed by atoms with Crippen molar-refractivity contribution in [3.63, 3.8) is 0 Å². The molecule has 0 saturated heterocycles. The molecule has 1 saturated carbocycles.